The highest BCUT2D eigenvalue weighted by Gasteiger charge is 2.23. The Morgan fingerprint density at radius 3 is 1.59 bits per heavy atom. The summed E-state index contributed by atoms with van der Waals surface area (Å²) in [5, 5.41) is 12.6. The molecule has 0 aliphatic carbocycles. The molecule has 0 spiro atoms. The first-order valence-electron chi connectivity index (χ1n) is 20.9. The molecular weight excluding hydrogens is 701 g/mol. The predicted molar refractivity (Wildman–Crippen MR) is 224 cm³/mol. The van der Waals surface area contributed by atoms with Crippen LogP contribution in [-0.4, -0.2) is 54.3 Å². The van der Waals surface area contributed by atoms with Crippen LogP contribution in [0.15, 0.2) is 72.9 Å². The maximum atomic E-state index is 12.1. The Labute approximate surface area is 329 Å². The zero-order valence-corrected chi connectivity index (χ0v) is 34.8. The van der Waals surface area contributed by atoms with Crippen LogP contribution in [0.3, 0.4) is 0 Å². The number of hydrogen-bond donors (Lipinski definition) is 3. The number of unbranched alkanes of at least 4 members (excludes halogenated alkanes) is 13. The molecule has 9 nitrogen and oxygen atoms in total. The van der Waals surface area contributed by atoms with Gasteiger partial charge in [-0.3, -0.25) is 18.6 Å². The van der Waals surface area contributed by atoms with Crippen molar-refractivity contribution in [2.75, 3.05) is 26.4 Å². The molecule has 10 heteroatoms. The van der Waals surface area contributed by atoms with Crippen molar-refractivity contribution in [2.45, 2.75) is 168 Å². The number of aliphatic hydroxyl groups is 1. The predicted octanol–water partition coefficient (Wildman–Crippen LogP) is 11.5. The van der Waals surface area contributed by atoms with Crippen molar-refractivity contribution in [3.8, 4) is 0 Å². The molecule has 310 valence electrons. The van der Waals surface area contributed by atoms with Crippen molar-refractivity contribution in [3.63, 3.8) is 0 Å². The fourth-order valence-corrected chi connectivity index (χ4v) is 6.02. The SMILES string of the molecule is CC/C=C\C/C=C\C/C=C\C/C=C\C/C=C\C/C=C\CCCCCCC(=O)NCCOP(=O)(O)OCC(O)COC(=O)CCCCCCCCCCCC. The minimum absolute atomic E-state index is 0.0640. The first kappa shape index (κ1) is 51.5. The van der Waals surface area contributed by atoms with Gasteiger partial charge >= 0.3 is 13.8 Å². The molecule has 0 aromatic rings. The third kappa shape index (κ3) is 40.6. The van der Waals surface area contributed by atoms with Crippen LogP contribution in [0.5, 0.6) is 0 Å². The van der Waals surface area contributed by atoms with E-state index in [2.05, 4.69) is 92.1 Å². The van der Waals surface area contributed by atoms with E-state index in [1.165, 1.54) is 44.9 Å². The highest BCUT2D eigenvalue weighted by Crippen LogP contribution is 2.42. The van der Waals surface area contributed by atoms with Crippen LogP contribution >= 0.6 is 7.82 Å². The number of phosphoric acid groups is 1. The van der Waals surface area contributed by atoms with E-state index in [0.717, 1.165) is 89.9 Å². The van der Waals surface area contributed by atoms with Gasteiger partial charge in [0.15, 0.2) is 0 Å². The summed E-state index contributed by atoms with van der Waals surface area (Å²) in [5.74, 6) is -0.548. The Kier molecular flexibility index (Phi) is 38.2. The molecule has 1 amide bonds. The summed E-state index contributed by atoms with van der Waals surface area (Å²) in [5.41, 5.74) is 0. The van der Waals surface area contributed by atoms with Gasteiger partial charge in [0.25, 0.3) is 0 Å². The van der Waals surface area contributed by atoms with Gasteiger partial charge in [-0.25, -0.2) is 4.57 Å². The molecule has 0 saturated heterocycles. The highest BCUT2D eigenvalue weighted by atomic mass is 31.2. The lowest BCUT2D eigenvalue weighted by molar-refractivity contribution is -0.147. The van der Waals surface area contributed by atoms with E-state index in [1.54, 1.807) is 0 Å². The van der Waals surface area contributed by atoms with E-state index < -0.39 is 26.5 Å². The van der Waals surface area contributed by atoms with Crippen molar-refractivity contribution in [1.82, 2.24) is 5.32 Å². The number of phosphoric ester groups is 1. The van der Waals surface area contributed by atoms with Gasteiger partial charge in [-0.2, -0.15) is 0 Å². The second-order valence-corrected chi connectivity index (χ2v) is 15.0. The number of allylic oxidation sites excluding steroid dienone is 12. The summed E-state index contributed by atoms with van der Waals surface area (Å²) in [6.07, 6.45) is 48.4. The minimum Gasteiger partial charge on any atom is -0.463 e. The number of aliphatic hydroxyl groups excluding tert-OH is 1. The highest BCUT2D eigenvalue weighted by molar-refractivity contribution is 7.47. The number of rotatable bonds is 38. The zero-order chi connectivity index (χ0) is 39.6. The van der Waals surface area contributed by atoms with Gasteiger partial charge in [-0.15, -0.1) is 0 Å². The molecule has 54 heavy (non-hydrogen) atoms. The van der Waals surface area contributed by atoms with E-state index in [4.69, 9.17) is 13.8 Å². The van der Waals surface area contributed by atoms with Crippen LogP contribution in [0.25, 0.3) is 0 Å². The summed E-state index contributed by atoms with van der Waals surface area (Å²) in [6, 6.07) is 0. The Morgan fingerprint density at radius 1 is 0.593 bits per heavy atom. The number of ether oxygens (including phenoxy) is 1. The topological polar surface area (TPSA) is 131 Å². The third-order valence-electron chi connectivity index (χ3n) is 8.40. The molecule has 0 heterocycles. The molecule has 3 N–H and O–H groups in total. The molecular formula is C44H76NO8P. The summed E-state index contributed by atoms with van der Waals surface area (Å²) >= 11 is 0. The van der Waals surface area contributed by atoms with Crippen LogP contribution in [0.1, 0.15) is 162 Å². The number of esters is 1. The standard InChI is InChI=1S/C44H76NO8P/c1-3-5-7-9-11-13-15-16-17-18-19-20-21-22-23-24-25-26-27-28-30-32-34-36-43(47)45-38-39-52-54(49,50)53-41-42(46)40-51-44(48)37-35-33-31-29-14-12-10-8-6-4-2/h5,7,11,13,16-17,19-20,22-23,25-26,42,46H,3-4,6,8-10,12,14-15,18,21,24,27-41H2,1-2H3,(H,45,47)(H,49,50)/b7-5-,13-11-,17-16-,20-19-,23-22-,26-25-. The monoisotopic (exact) mass is 778 g/mol. The smallest absolute Gasteiger partial charge is 0.463 e. The van der Waals surface area contributed by atoms with Crippen molar-refractivity contribution < 1.29 is 37.9 Å². The van der Waals surface area contributed by atoms with E-state index in [1.807, 2.05) is 0 Å². The number of carbonyl (C=O) groups excluding carboxylic acids is 2. The molecule has 0 fully saturated rings. The van der Waals surface area contributed by atoms with E-state index in [9.17, 15) is 24.2 Å². The molecule has 0 aromatic carbocycles. The van der Waals surface area contributed by atoms with Crippen molar-refractivity contribution in [1.29, 1.82) is 0 Å². The molecule has 0 rings (SSSR count). The van der Waals surface area contributed by atoms with Gasteiger partial charge in [0.1, 0.15) is 12.7 Å². The van der Waals surface area contributed by atoms with E-state index in [0.29, 0.717) is 6.42 Å². The van der Waals surface area contributed by atoms with Gasteiger partial charge in [0.05, 0.1) is 13.2 Å². The quantitative estimate of drug-likeness (QED) is 0.0244. The van der Waals surface area contributed by atoms with Crippen LogP contribution < -0.4 is 5.32 Å². The molecule has 0 aliphatic rings. The van der Waals surface area contributed by atoms with Crippen LogP contribution in [0.2, 0.25) is 0 Å². The van der Waals surface area contributed by atoms with Gasteiger partial charge < -0.3 is 20.1 Å². The molecule has 0 saturated carbocycles. The first-order valence-corrected chi connectivity index (χ1v) is 22.4. The maximum Gasteiger partial charge on any atom is 0.472 e. The Hall–Kier alpha value is -2.55. The summed E-state index contributed by atoms with van der Waals surface area (Å²) in [6.45, 7) is 3.37. The number of carbonyl (C=O) groups is 2. The van der Waals surface area contributed by atoms with E-state index >= 15 is 0 Å². The van der Waals surface area contributed by atoms with Gasteiger partial charge in [-0.1, -0.05) is 157 Å². The van der Waals surface area contributed by atoms with Gasteiger partial charge in [-0.05, 0) is 64.2 Å². The number of hydrogen-bond acceptors (Lipinski definition) is 7. The van der Waals surface area contributed by atoms with Crippen molar-refractivity contribution in [2.24, 2.45) is 0 Å². The number of nitrogens with one attached hydrogen (secondary N) is 1. The zero-order valence-electron chi connectivity index (χ0n) is 33.9. The maximum absolute atomic E-state index is 12.1. The molecule has 0 aromatic heterocycles. The molecule has 0 radical (unpaired) electrons. The minimum atomic E-state index is -4.42. The molecule has 0 bridgehead atoms. The first-order chi connectivity index (χ1) is 26.3. The average Bonchev–Trinajstić information content (AvgIpc) is 3.16. The summed E-state index contributed by atoms with van der Waals surface area (Å²) in [7, 11) is -4.42. The lowest BCUT2D eigenvalue weighted by atomic mass is 10.1. The van der Waals surface area contributed by atoms with Crippen molar-refractivity contribution >= 4 is 19.7 Å². The molecule has 2 unspecified atom stereocenters. The van der Waals surface area contributed by atoms with Crippen LogP contribution in [0.4, 0.5) is 0 Å². The fraction of sp³-hybridized carbons (Fsp3) is 0.682. The number of amides is 1. The Bertz CT molecular complexity index is 1110. The van der Waals surface area contributed by atoms with Gasteiger partial charge in [0.2, 0.25) is 5.91 Å². The van der Waals surface area contributed by atoms with Crippen LogP contribution in [0, 0.1) is 0 Å². The Balaban J connectivity index is 3.68. The largest absolute Gasteiger partial charge is 0.472 e. The van der Waals surface area contributed by atoms with Crippen molar-refractivity contribution in [3.05, 3.63) is 72.9 Å². The van der Waals surface area contributed by atoms with Crippen LogP contribution in [-0.2, 0) is 27.9 Å². The molecule has 2 atom stereocenters. The normalized spacial score (nSPS) is 14.1. The second-order valence-electron chi connectivity index (χ2n) is 13.6. The average molecular weight is 778 g/mol. The van der Waals surface area contributed by atoms with E-state index in [-0.39, 0.29) is 32.1 Å². The fourth-order valence-electron chi connectivity index (χ4n) is 5.26. The summed E-state index contributed by atoms with van der Waals surface area (Å²) in [4.78, 5) is 33.8. The lowest BCUT2D eigenvalue weighted by Gasteiger charge is -2.15. The lowest BCUT2D eigenvalue weighted by Crippen LogP contribution is -2.27. The van der Waals surface area contributed by atoms with Gasteiger partial charge in [0, 0.05) is 19.4 Å². The third-order valence-corrected chi connectivity index (χ3v) is 9.39. The molecule has 0 aliphatic heterocycles. The summed E-state index contributed by atoms with van der Waals surface area (Å²) < 4.78 is 26.8. The second kappa shape index (κ2) is 40.1. The Morgan fingerprint density at radius 2 is 1.06 bits per heavy atom.